The molecular formula is C20H22N2O3S2. The first kappa shape index (κ1) is 19.5. The number of nitrogens with one attached hydrogen (secondary N) is 2. The average molecular weight is 403 g/mol. The number of hydrogen-bond acceptors (Lipinski definition) is 5. The molecule has 1 heterocycles. The third kappa shape index (κ3) is 4.54. The second-order valence-electron chi connectivity index (χ2n) is 6.35. The van der Waals surface area contributed by atoms with Crippen LogP contribution in [0.1, 0.15) is 57.8 Å². The summed E-state index contributed by atoms with van der Waals surface area (Å²) in [6.45, 7) is 3.67. The largest absolute Gasteiger partial charge is 0.462 e. The van der Waals surface area contributed by atoms with E-state index in [0.717, 1.165) is 41.9 Å². The number of carbonyl (C=O) groups excluding carboxylic acids is 2. The molecule has 1 aromatic heterocycles. The monoisotopic (exact) mass is 402 g/mol. The van der Waals surface area contributed by atoms with Crippen molar-refractivity contribution >= 4 is 51.1 Å². The SMILES string of the molecule is CCOC(=O)c1c(NC(=S)Nc2cccc(C(C)=O)c2)sc2c1CCCC2. The van der Waals surface area contributed by atoms with E-state index in [4.69, 9.17) is 17.0 Å². The number of ketones is 1. The van der Waals surface area contributed by atoms with Crippen molar-refractivity contribution in [2.75, 3.05) is 17.2 Å². The van der Waals surface area contributed by atoms with Crippen LogP contribution in [-0.4, -0.2) is 23.5 Å². The number of fused-ring (bicyclic) bond motifs is 1. The number of ether oxygens (including phenoxy) is 1. The Hall–Kier alpha value is -2.25. The Morgan fingerprint density at radius 1 is 1.22 bits per heavy atom. The second kappa shape index (κ2) is 8.63. The topological polar surface area (TPSA) is 67.4 Å². The number of anilines is 2. The van der Waals surface area contributed by atoms with Crippen LogP contribution >= 0.6 is 23.6 Å². The van der Waals surface area contributed by atoms with E-state index in [2.05, 4.69) is 10.6 Å². The van der Waals surface area contributed by atoms with Gasteiger partial charge in [0.15, 0.2) is 10.9 Å². The summed E-state index contributed by atoms with van der Waals surface area (Å²) in [5, 5.41) is 7.34. The van der Waals surface area contributed by atoms with Gasteiger partial charge in [0.2, 0.25) is 0 Å². The fourth-order valence-corrected chi connectivity index (χ4v) is 4.72. The van der Waals surface area contributed by atoms with E-state index < -0.39 is 0 Å². The van der Waals surface area contributed by atoms with Crippen LogP contribution in [0, 0.1) is 0 Å². The molecule has 0 fully saturated rings. The van der Waals surface area contributed by atoms with Crippen LogP contribution in [-0.2, 0) is 17.6 Å². The molecule has 2 N–H and O–H groups in total. The van der Waals surface area contributed by atoms with Gasteiger partial charge in [-0.1, -0.05) is 12.1 Å². The highest BCUT2D eigenvalue weighted by atomic mass is 32.1. The Morgan fingerprint density at radius 2 is 2.00 bits per heavy atom. The number of carbonyl (C=O) groups is 2. The van der Waals surface area contributed by atoms with Gasteiger partial charge < -0.3 is 15.4 Å². The highest BCUT2D eigenvalue weighted by Crippen LogP contribution is 2.38. The fourth-order valence-electron chi connectivity index (χ4n) is 3.15. The summed E-state index contributed by atoms with van der Waals surface area (Å²) in [6, 6.07) is 7.15. The maximum absolute atomic E-state index is 12.5. The lowest BCUT2D eigenvalue weighted by Gasteiger charge is -2.13. The van der Waals surface area contributed by atoms with Gasteiger partial charge >= 0.3 is 5.97 Å². The quantitative estimate of drug-likeness (QED) is 0.425. The molecule has 0 unspecified atom stereocenters. The third-order valence-electron chi connectivity index (χ3n) is 4.40. The Kier molecular flexibility index (Phi) is 6.23. The molecule has 27 heavy (non-hydrogen) atoms. The van der Waals surface area contributed by atoms with Gasteiger partial charge in [-0.2, -0.15) is 0 Å². The van der Waals surface area contributed by atoms with Crippen molar-refractivity contribution in [1.82, 2.24) is 0 Å². The van der Waals surface area contributed by atoms with Gasteiger partial charge in [0.05, 0.1) is 12.2 Å². The van der Waals surface area contributed by atoms with Crippen LogP contribution in [0.15, 0.2) is 24.3 Å². The van der Waals surface area contributed by atoms with Gasteiger partial charge in [-0.05, 0) is 69.4 Å². The third-order valence-corrected chi connectivity index (χ3v) is 5.82. The molecule has 0 atom stereocenters. The van der Waals surface area contributed by atoms with E-state index >= 15 is 0 Å². The van der Waals surface area contributed by atoms with E-state index in [0.29, 0.717) is 22.8 Å². The molecule has 0 bridgehead atoms. The van der Waals surface area contributed by atoms with Crippen molar-refractivity contribution < 1.29 is 14.3 Å². The van der Waals surface area contributed by atoms with Crippen LogP contribution in [0.25, 0.3) is 0 Å². The Labute approximate surface area is 168 Å². The van der Waals surface area contributed by atoms with Gasteiger partial charge in [0.25, 0.3) is 0 Å². The van der Waals surface area contributed by atoms with Crippen molar-refractivity contribution in [3.63, 3.8) is 0 Å². The molecule has 0 aliphatic heterocycles. The minimum atomic E-state index is -0.305. The van der Waals surface area contributed by atoms with Crippen molar-refractivity contribution in [1.29, 1.82) is 0 Å². The number of rotatable bonds is 5. The minimum Gasteiger partial charge on any atom is -0.462 e. The number of aryl methyl sites for hydroxylation is 1. The van der Waals surface area contributed by atoms with Crippen LogP contribution in [0.2, 0.25) is 0 Å². The Morgan fingerprint density at radius 3 is 2.74 bits per heavy atom. The average Bonchev–Trinajstić information content (AvgIpc) is 2.99. The Balaban J connectivity index is 1.81. The highest BCUT2D eigenvalue weighted by molar-refractivity contribution is 7.80. The molecule has 0 spiro atoms. The number of benzene rings is 1. The molecule has 0 radical (unpaired) electrons. The lowest BCUT2D eigenvalue weighted by atomic mass is 9.95. The summed E-state index contributed by atoms with van der Waals surface area (Å²) < 4.78 is 5.26. The molecule has 1 aliphatic carbocycles. The van der Waals surface area contributed by atoms with Gasteiger partial charge in [-0.25, -0.2) is 4.79 Å². The zero-order valence-corrected chi connectivity index (χ0v) is 17.0. The highest BCUT2D eigenvalue weighted by Gasteiger charge is 2.26. The molecule has 2 aromatic rings. The van der Waals surface area contributed by atoms with E-state index in [1.54, 1.807) is 36.5 Å². The van der Waals surface area contributed by atoms with E-state index in [1.165, 1.54) is 11.8 Å². The minimum absolute atomic E-state index is 0.00643. The molecule has 0 amide bonds. The van der Waals surface area contributed by atoms with Crippen molar-refractivity contribution in [3.05, 3.63) is 45.8 Å². The number of esters is 1. The standard InChI is InChI=1S/C20H22N2O3S2/c1-3-25-19(24)17-15-9-4-5-10-16(15)27-18(17)22-20(26)21-14-8-6-7-13(11-14)12(2)23/h6-8,11H,3-5,9-10H2,1-2H3,(H2,21,22,26). The summed E-state index contributed by atoms with van der Waals surface area (Å²) in [5.74, 6) is -0.311. The summed E-state index contributed by atoms with van der Waals surface area (Å²) >= 11 is 7.00. The predicted molar refractivity (Wildman–Crippen MR) is 113 cm³/mol. The van der Waals surface area contributed by atoms with Crippen LogP contribution < -0.4 is 10.6 Å². The molecule has 7 heteroatoms. The molecule has 0 saturated heterocycles. The number of hydrogen-bond donors (Lipinski definition) is 2. The Bertz CT molecular complexity index is 889. The van der Waals surface area contributed by atoms with Gasteiger partial charge in [0, 0.05) is 16.1 Å². The van der Waals surface area contributed by atoms with Crippen LogP contribution in [0.3, 0.4) is 0 Å². The summed E-state index contributed by atoms with van der Waals surface area (Å²) in [5.41, 5.74) is 3.03. The molecule has 0 saturated carbocycles. The molecule has 5 nitrogen and oxygen atoms in total. The fraction of sp³-hybridized carbons (Fsp3) is 0.350. The van der Waals surface area contributed by atoms with Gasteiger partial charge in [-0.3, -0.25) is 4.79 Å². The first-order chi connectivity index (χ1) is 13.0. The van der Waals surface area contributed by atoms with Crippen LogP contribution in [0.5, 0.6) is 0 Å². The summed E-state index contributed by atoms with van der Waals surface area (Å²) in [4.78, 5) is 25.3. The number of Topliss-reactive ketones (excluding diaryl/α,β-unsaturated/α-hetero) is 1. The molecule has 1 aliphatic rings. The van der Waals surface area contributed by atoms with E-state index in [-0.39, 0.29) is 11.8 Å². The van der Waals surface area contributed by atoms with Crippen molar-refractivity contribution in [3.8, 4) is 0 Å². The molecule has 142 valence electrons. The maximum Gasteiger partial charge on any atom is 0.341 e. The van der Waals surface area contributed by atoms with Gasteiger partial charge in [0.1, 0.15) is 5.00 Å². The van der Waals surface area contributed by atoms with Crippen molar-refractivity contribution in [2.45, 2.75) is 39.5 Å². The zero-order chi connectivity index (χ0) is 19.4. The van der Waals surface area contributed by atoms with Gasteiger partial charge in [-0.15, -0.1) is 11.3 Å². The summed E-state index contributed by atoms with van der Waals surface area (Å²) in [6.07, 6.45) is 4.09. The smallest absolute Gasteiger partial charge is 0.341 e. The van der Waals surface area contributed by atoms with Crippen LogP contribution in [0.4, 0.5) is 10.7 Å². The molecular weight excluding hydrogens is 380 g/mol. The van der Waals surface area contributed by atoms with E-state index in [1.807, 2.05) is 6.07 Å². The normalized spacial score (nSPS) is 12.8. The lowest BCUT2D eigenvalue weighted by Crippen LogP contribution is -2.20. The number of thiocarbonyl (C=S) groups is 1. The first-order valence-corrected chi connectivity index (χ1v) is 10.2. The summed E-state index contributed by atoms with van der Waals surface area (Å²) in [7, 11) is 0. The predicted octanol–water partition coefficient (Wildman–Crippen LogP) is 4.82. The number of thiophene rings is 1. The molecule has 3 rings (SSSR count). The molecule has 1 aromatic carbocycles. The zero-order valence-electron chi connectivity index (χ0n) is 15.4. The van der Waals surface area contributed by atoms with E-state index in [9.17, 15) is 9.59 Å². The maximum atomic E-state index is 12.5. The first-order valence-electron chi connectivity index (χ1n) is 9.00. The lowest BCUT2D eigenvalue weighted by molar-refractivity contribution is 0.0526. The van der Waals surface area contributed by atoms with Crippen molar-refractivity contribution in [2.24, 2.45) is 0 Å². The second-order valence-corrected chi connectivity index (χ2v) is 7.87.